The summed E-state index contributed by atoms with van der Waals surface area (Å²) in [5.41, 5.74) is 0.949. The highest BCUT2D eigenvalue weighted by Crippen LogP contribution is 2.35. The normalized spacial score (nSPS) is 18.3. The molecule has 1 atom stereocenters. The Kier molecular flexibility index (Phi) is 5.30. The summed E-state index contributed by atoms with van der Waals surface area (Å²) in [4.78, 5) is 19.1. The second kappa shape index (κ2) is 7.45. The van der Waals surface area contributed by atoms with Crippen molar-refractivity contribution in [2.24, 2.45) is 13.0 Å². The number of hydrogen-bond donors (Lipinski definition) is 1. The number of ketones is 1. The molecule has 1 aromatic carbocycles. The summed E-state index contributed by atoms with van der Waals surface area (Å²) in [7, 11) is 3.34. The molecule has 6 nitrogen and oxygen atoms in total. The van der Waals surface area contributed by atoms with E-state index in [0.717, 1.165) is 24.9 Å². The highest BCUT2D eigenvalue weighted by molar-refractivity contribution is 6.32. The van der Waals surface area contributed by atoms with E-state index >= 15 is 0 Å². The molecular formula is C18H22ClN3O3. The molecule has 3 rings (SSSR count). The van der Waals surface area contributed by atoms with E-state index in [0.29, 0.717) is 24.7 Å². The van der Waals surface area contributed by atoms with Gasteiger partial charge in [-0.15, -0.1) is 0 Å². The number of imidazole rings is 1. The van der Waals surface area contributed by atoms with Crippen LogP contribution >= 0.6 is 11.6 Å². The smallest absolute Gasteiger partial charge is 0.202 e. The number of likely N-dealkylation sites (tertiary alicyclic amines) is 1. The van der Waals surface area contributed by atoms with Crippen LogP contribution in [0, 0.1) is 5.92 Å². The van der Waals surface area contributed by atoms with Gasteiger partial charge in [-0.2, -0.15) is 0 Å². The monoisotopic (exact) mass is 363 g/mol. The van der Waals surface area contributed by atoms with Gasteiger partial charge in [0.1, 0.15) is 0 Å². The molecule has 0 saturated carbocycles. The van der Waals surface area contributed by atoms with Gasteiger partial charge in [-0.05, 0) is 37.1 Å². The number of carbonyl (C=O) groups is 1. The molecule has 1 aliphatic rings. The molecule has 134 valence electrons. The number of piperidine rings is 1. The molecule has 0 radical (unpaired) electrons. The highest BCUT2D eigenvalue weighted by atomic mass is 35.5. The van der Waals surface area contributed by atoms with Crippen LogP contribution in [0.3, 0.4) is 0 Å². The van der Waals surface area contributed by atoms with Crippen LogP contribution in [0.1, 0.15) is 29.0 Å². The van der Waals surface area contributed by atoms with Gasteiger partial charge in [0.25, 0.3) is 0 Å². The zero-order valence-electron chi connectivity index (χ0n) is 14.4. The van der Waals surface area contributed by atoms with E-state index in [1.54, 1.807) is 29.1 Å². The lowest BCUT2D eigenvalue weighted by molar-refractivity contribution is 0.0797. The molecule has 0 bridgehead atoms. The number of hydrogen-bond acceptors (Lipinski definition) is 5. The van der Waals surface area contributed by atoms with Crippen LogP contribution in [0.4, 0.5) is 0 Å². The minimum absolute atomic E-state index is 0.0469. The third-order valence-electron chi connectivity index (χ3n) is 4.63. The maximum Gasteiger partial charge on any atom is 0.202 e. The van der Waals surface area contributed by atoms with E-state index in [1.807, 2.05) is 7.05 Å². The van der Waals surface area contributed by atoms with Gasteiger partial charge in [-0.25, -0.2) is 4.98 Å². The molecular weight excluding hydrogens is 342 g/mol. The number of phenols is 1. The molecule has 0 amide bonds. The average molecular weight is 364 g/mol. The van der Waals surface area contributed by atoms with Crippen molar-refractivity contribution in [3.8, 4) is 11.5 Å². The van der Waals surface area contributed by atoms with Gasteiger partial charge < -0.3 is 14.4 Å². The molecule has 0 aliphatic carbocycles. The molecule has 2 heterocycles. The number of Topliss-reactive ketones (excluding diaryl/α,β-unsaturated/α-hetero) is 1. The molecule has 1 N–H and O–H groups in total. The number of rotatable bonds is 5. The number of aromatic nitrogens is 2. The van der Waals surface area contributed by atoms with Crippen molar-refractivity contribution in [3.63, 3.8) is 0 Å². The minimum atomic E-state index is -0.0515. The standard InChI is InChI=1S/C18H22ClN3O3/c1-21-7-5-20-18(21)16(23)13-4-3-6-22(11-13)10-12-8-14(19)17(24)15(9-12)25-2/h5,7-9,13,24H,3-4,6,10-11H2,1-2H3/t13-/m0/s1. The van der Waals surface area contributed by atoms with Crippen LogP contribution in [0.2, 0.25) is 5.02 Å². The third-order valence-corrected chi connectivity index (χ3v) is 4.92. The number of carbonyl (C=O) groups excluding carboxylic acids is 1. The van der Waals surface area contributed by atoms with Gasteiger partial charge in [0, 0.05) is 38.4 Å². The fourth-order valence-electron chi connectivity index (χ4n) is 3.33. The van der Waals surface area contributed by atoms with Crippen LogP contribution in [-0.4, -0.2) is 45.5 Å². The van der Waals surface area contributed by atoms with Crippen molar-refractivity contribution in [2.75, 3.05) is 20.2 Å². The van der Waals surface area contributed by atoms with Crippen LogP contribution in [-0.2, 0) is 13.6 Å². The first-order valence-corrected chi connectivity index (χ1v) is 8.66. The minimum Gasteiger partial charge on any atom is -0.503 e. The Bertz CT molecular complexity index is 775. The Balaban J connectivity index is 1.71. The van der Waals surface area contributed by atoms with Gasteiger partial charge in [0.2, 0.25) is 5.78 Å². The summed E-state index contributed by atoms with van der Waals surface area (Å²) in [6.07, 6.45) is 5.28. The van der Waals surface area contributed by atoms with Gasteiger partial charge in [0.15, 0.2) is 17.3 Å². The van der Waals surface area contributed by atoms with Crippen LogP contribution < -0.4 is 4.74 Å². The second-order valence-electron chi connectivity index (χ2n) is 6.43. The van der Waals surface area contributed by atoms with Crippen molar-refractivity contribution in [2.45, 2.75) is 19.4 Å². The number of halogens is 1. The molecule has 1 aromatic heterocycles. The molecule has 1 aliphatic heterocycles. The number of methoxy groups -OCH3 is 1. The second-order valence-corrected chi connectivity index (χ2v) is 6.84. The van der Waals surface area contributed by atoms with Crippen molar-refractivity contribution < 1.29 is 14.6 Å². The lowest BCUT2D eigenvalue weighted by Crippen LogP contribution is -2.38. The number of aromatic hydroxyl groups is 1. The average Bonchev–Trinajstić information content (AvgIpc) is 3.03. The number of aryl methyl sites for hydroxylation is 1. The Labute approximate surface area is 152 Å². The van der Waals surface area contributed by atoms with E-state index in [4.69, 9.17) is 16.3 Å². The van der Waals surface area contributed by atoms with Crippen LogP contribution in [0.25, 0.3) is 0 Å². The van der Waals surface area contributed by atoms with Crippen molar-refractivity contribution in [3.05, 3.63) is 40.9 Å². The zero-order chi connectivity index (χ0) is 18.0. The first-order valence-electron chi connectivity index (χ1n) is 8.29. The predicted octanol–water partition coefficient (Wildman–Crippen LogP) is 2.88. The largest absolute Gasteiger partial charge is 0.503 e. The summed E-state index contributed by atoms with van der Waals surface area (Å²) in [5.74, 6) is 0.874. The molecule has 25 heavy (non-hydrogen) atoms. The predicted molar refractivity (Wildman–Crippen MR) is 95.2 cm³/mol. The van der Waals surface area contributed by atoms with Gasteiger partial charge >= 0.3 is 0 Å². The topological polar surface area (TPSA) is 67.6 Å². The molecule has 7 heteroatoms. The highest BCUT2D eigenvalue weighted by Gasteiger charge is 2.28. The van der Waals surface area contributed by atoms with Gasteiger partial charge in [0.05, 0.1) is 12.1 Å². The number of nitrogens with zero attached hydrogens (tertiary/aromatic N) is 3. The van der Waals surface area contributed by atoms with Crippen LogP contribution in [0.15, 0.2) is 24.5 Å². The fourth-order valence-corrected chi connectivity index (χ4v) is 3.56. The van der Waals surface area contributed by atoms with Crippen molar-refractivity contribution in [1.29, 1.82) is 0 Å². The van der Waals surface area contributed by atoms with Crippen LogP contribution in [0.5, 0.6) is 11.5 Å². The zero-order valence-corrected chi connectivity index (χ0v) is 15.2. The summed E-state index contributed by atoms with van der Waals surface area (Å²) < 4.78 is 6.93. The maximum absolute atomic E-state index is 12.7. The van der Waals surface area contributed by atoms with E-state index in [1.165, 1.54) is 7.11 Å². The van der Waals surface area contributed by atoms with E-state index < -0.39 is 0 Å². The lowest BCUT2D eigenvalue weighted by Gasteiger charge is -2.32. The quantitative estimate of drug-likeness (QED) is 0.827. The Morgan fingerprint density at radius 3 is 2.96 bits per heavy atom. The summed E-state index contributed by atoms with van der Waals surface area (Å²) in [6, 6.07) is 3.52. The van der Waals surface area contributed by atoms with E-state index in [9.17, 15) is 9.90 Å². The Morgan fingerprint density at radius 2 is 2.28 bits per heavy atom. The first kappa shape index (κ1) is 17.8. The maximum atomic E-state index is 12.7. The molecule has 1 saturated heterocycles. The lowest BCUT2D eigenvalue weighted by atomic mass is 9.93. The van der Waals surface area contributed by atoms with Gasteiger partial charge in [-0.1, -0.05) is 11.6 Å². The molecule has 0 unspecified atom stereocenters. The number of benzene rings is 1. The Morgan fingerprint density at radius 1 is 1.48 bits per heavy atom. The summed E-state index contributed by atoms with van der Waals surface area (Å²) in [5, 5.41) is 10.1. The van der Waals surface area contributed by atoms with Gasteiger partial charge in [-0.3, -0.25) is 9.69 Å². The molecule has 2 aromatic rings. The summed E-state index contributed by atoms with van der Waals surface area (Å²) >= 11 is 6.07. The SMILES string of the molecule is COc1cc(CN2CCC[C@H](C(=O)c3nccn3C)C2)cc(Cl)c1O. The Hall–Kier alpha value is -2.05. The van der Waals surface area contributed by atoms with E-state index in [2.05, 4.69) is 9.88 Å². The van der Waals surface area contributed by atoms with Crippen molar-refractivity contribution in [1.82, 2.24) is 14.5 Å². The fraction of sp³-hybridized carbons (Fsp3) is 0.444. The molecule has 0 spiro atoms. The number of phenolic OH excluding ortho intramolecular Hbond substituents is 1. The first-order chi connectivity index (χ1) is 12.0. The van der Waals surface area contributed by atoms with E-state index in [-0.39, 0.29) is 22.5 Å². The third kappa shape index (κ3) is 3.80. The molecule has 1 fully saturated rings. The number of ether oxygens (including phenoxy) is 1. The van der Waals surface area contributed by atoms with Crippen molar-refractivity contribution >= 4 is 17.4 Å². The summed E-state index contributed by atoms with van der Waals surface area (Å²) in [6.45, 7) is 2.26.